The summed E-state index contributed by atoms with van der Waals surface area (Å²) >= 11 is 0. The largest absolute Gasteiger partial charge is 0.478 e. The van der Waals surface area contributed by atoms with Gasteiger partial charge in [-0.3, -0.25) is 9.78 Å². The summed E-state index contributed by atoms with van der Waals surface area (Å²) in [5.41, 5.74) is 2.09. The molecule has 0 spiro atoms. The second-order valence-electron chi connectivity index (χ2n) is 5.51. The van der Waals surface area contributed by atoms with Crippen molar-refractivity contribution in [1.82, 2.24) is 10.3 Å². The predicted molar refractivity (Wildman–Crippen MR) is 88.5 cm³/mol. The van der Waals surface area contributed by atoms with Crippen LogP contribution in [0.1, 0.15) is 33.2 Å². The topological polar surface area (TPSA) is 79.3 Å². The molecular formula is C18H17FN2O3. The van der Waals surface area contributed by atoms with Gasteiger partial charge in [0.05, 0.1) is 16.8 Å². The molecule has 2 N–H and O–H groups in total. The Kier molecular flexibility index (Phi) is 5.08. The highest BCUT2D eigenvalue weighted by molar-refractivity contribution is 5.94. The van der Waals surface area contributed by atoms with Gasteiger partial charge in [-0.1, -0.05) is 12.2 Å². The SMILES string of the molecule is C=C(C)CNC(=O)c1ccc(-c2cc(C(=O)O)cc(F)c2C)nc1. The minimum atomic E-state index is -1.22. The smallest absolute Gasteiger partial charge is 0.335 e. The van der Waals surface area contributed by atoms with E-state index in [1.807, 2.05) is 0 Å². The van der Waals surface area contributed by atoms with Crippen LogP contribution in [-0.2, 0) is 0 Å². The van der Waals surface area contributed by atoms with Gasteiger partial charge in [-0.05, 0) is 43.7 Å². The zero-order chi connectivity index (χ0) is 17.9. The first-order valence-corrected chi connectivity index (χ1v) is 7.22. The number of nitrogens with zero attached hydrogens (tertiary/aromatic N) is 1. The fourth-order valence-electron chi connectivity index (χ4n) is 2.09. The summed E-state index contributed by atoms with van der Waals surface area (Å²) in [6.45, 7) is 7.41. The number of hydrogen-bond donors (Lipinski definition) is 2. The highest BCUT2D eigenvalue weighted by Crippen LogP contribution is 2.25. The quantitative estimate of drug-likeness (QED) is 0.826. The number of carboxylic acids is 1. The van der Waals surface area contributed by atoms with E-state index in [0.717, 1.165) is 11.6 Å². The van der Waals surface area contributed by atoms with E-state index in [1.165, 1.54) is 12.3 Å². The van der Waals surface area contributed by atoms with Crippen molar-refractivity contribution >= 4 is 11.9 Å². The molecule has 6 heteroatoms. The number of amides is 1. The van der Waals surface area contributed by atoms with Crippen molar-refractivity contribution in [3.63, 3.8) is 0 Å². The number of carboxylic acid groups (broad SMARTS) is 1. The molecule has 0 saturated heterocycles. The third kappa shape index (κ3) is 3.84. The minimum absolute atomic E-state index is 0.154. The minimum Gasteiger partial charge on any atom is -0.478 e. The van der Waals surface area contributed by atoms with E-state index in [1.54, 1.807) is 26.0 Å². The molecule has 1 amide bonds. The molecule has 0 fully saturated rings. The van der Waals surface area contributed by atoms with Gasteiger partial charge in [-0.25, -0.2) is 9.18 Å². The van der Waals surface area contributed by atoms with Crippen LogP contribution < -0.4 is 5.32 Å². The molecule has 1 aromatic carbocycles. The van der Waals surface area contributed by atoms with Crippen LogP contribution in [0.5, 0.6) is 0 Å². The van der Waals surface area contributed by atoms with E-state index in [9.17, 15) is 14.0 Å². The van der Waals surface area contributed by atoms with Crippen molar-refractivity contribution in [2.75, 3.05) is 6.54 Å². The number of halogens is 1. The van der Waals surface area contributed by atoms with Gasteiger partial charge in [0.1, 0.15) is 5.82 Å². The van der Waals surface area contributed by atoms with Crippen LogP contribution in [0.3, 0.4) is 0 Å². The van der Waals surface area contributed by atoms with Crippen molar-refractivity contribution in [2.45, 2.75) is 13.8 Å². The molecule has 2 aromatic rings. The van der Waals surface area contributed by atoms with Gasteiger partial charge in [0.15, 0.2) is 0 Å². The van der Waals surface area contributed by atoms with Gasteiger partial charge in [-0.15, -0.1) is 0 Å². The Hall–Kier alpha value is -3.02. The molecule has 1 heterocycles. The molecule has 24 heavy (non-hydrogen) atoms. The Bertz CT molecular complexity index is 814. The van der Waals surface area contributed by atoms with Crippen molar-refractivity contribution in [1.29, 1.82) is 0 Å². The number of aromatic nitrogens is 1. The molecule has 0 bridgehead atoms. The highest BCUT2D eigenvalue weighted by Gasteiger charge is 2.14. The summed E-state index contributed by atoms with van der Waals surface area (Å²) in [4.78, 5) is 27.2. The highest BCUT2D eigenvalue weighted by atomic mass is 19.1. The van der Waals surface area contributed by atoms with E-state index in [2.05, 4.69) is 16.9 Å². The fraction of sp³-hybridized carbons (Fsp3) is 0.167. The Balaban J connectivity index is 2.33. The van der Waals surface area contributed by atoms with E-state index in [-0.39, 0.29) is 11.5 Å². The van der Waals surface area contributed by atoms with Gasteiger partial charge in [-0.2, -0.15) is 0 Å². The van der Waals surface area contributed by atoms with Gasteiger partial charge in [0.2, 0.25) is 0 Å². The molecule has 0 unspecified atom stereocenters. The average molecular weight is 328 g/mol. The standard InChI is InChI=1S/C18H17FN2O3/c1-10(2)8-21-17(22)12-4-5-16(20-9-12)14-6-13(18(23)24)7-15(19)11(14)3/h4-7,9H,1,8H2,2-3H3,(H,21,22)(H,23,24). The summed E-state index contributed by atoms with van der Waals surface area (Å²) in [5, 5.41) is 11.7. The summed E-state index contributed by atoms with van der Waals surface area (Å²) in [5.74, 6) is -2.12. The number of rotatable bonds is 5. The van der Waals surface area contributed by atoms with Crippen LogP contribution in [0.25, 0.3) is 11.3 Å². The van der Waals surface area contributed by atoms with Crippen molar-refractivity contribution in [2.24, 2.45) is 0 Å². The monoisotopic (exact) mass is 328 g/mol. The van der Waals surface area contributed by atoms with Crippen molar-refractivity contribution < 1.29 is 19.1 Å². The molecular weight excluding hydrogens is 311 g/mol. The number of carbonyl (C=O) groups excluding carboxylic acids is 1. The summed E-state index contributed by atoms with van der Waals surface area (Å²) in [7, 11) is 0. The van der Waals surface area contributed by atoms with E-state index >= 15 is 0 Å². The molecule has 0 radical (unpaired) electrons. The van der Waals surface area contributed by atoms with E-state index in [4.69, 9.17) is 5.11 Å². The van der Waals surface area contributed by atoms with Crippen LogP contribution in [0.4, 0.5) is 4.39 Å². The lowest BCUT2D eigenvalue weighted by Gasteiger charge is -2.09. The van der Waals surface area contributed by atoms with E-state index in [0.29, 0.717) is 28.9 Å². The number of aromatic carboxylic acids is 1. The van der Waals surface area contributed by atoms with Crippen molar-refractivity contribution in [3.8, 4) is 11.3 Å². The zero-order valence-electron chi connectivity index (χ0n) is 13.4. The third-order valence-electron chi connectivity index (χ3n) is 3.44. The maximum Gasteiger partial charge on any atom is 0.335 e. The molecule has 0 aliphatic carbocycles. The first-order chi connectivity index (χ1) is 11.3. The summed E-state index contributed by atoms with van der Waals surface area (Å²) < 4.78 is 13.9. The lowest BCUT2D eigenvalue weighted by Crippen LogP contribution is -2.24. The number of hydrogen-bond acceptors (Lipinski definition) is 3. The molecule has 0 atom stereocenters. The molecule has 0 aliphatic rings. The Morgan fingerprint density at radius 1 is 1.29 bits per heavy atom. The number of nitrogens with one attached hydrogen (secondary N) is 1. The van der Waals surface area contributed by atoms with Crippen molar-refractivity contribution in [3.05, 3.63) is 65.1 Å². The maximum absolute atomic E-state index is 13.9. The Labute approximate surface area is 138 Å². The molecule has 124 valence electrons. The lowest BCUT2D eigenvalue weighted by atomic mass is 10.0. The molecule has 0 saturated carbocycles. The zero-order valence-corrected chi connectivity index (χ0v) is 13.4. The summed E-state index contributed by atoms with van der Waals surface area (Å²) in [6, 6.07) is 5.45. The van der Waals surface area contributed by atoms with Crippen LogP contribution in [0.2, 0.25) is 0 Å². The molecule has 1 aromatic heterocycles. The van der Waals surface area contributed by atoms with Crippen LogP contribution >= 0.6 is 0 Å². The molecule has 0 aliphatic heterocycles. The first-order valence-electron chi connectivity index (χ1n) is 7.22. The lowest BCUT2D eigenvalue weighted by molar-refractivity contribution is 0.0696. The summed E-state index contributed by atoms with van der Waals surface area (Å²) in [6.07, 6.45) is 1.37. The average Bonchev–Trinajstić information content (AvgIpc) is 2.55. The van der Waals surface area contributed by atoms with Crippen LogP contribution in [0, 0.1) is 12.7 Å². The van der Waals surface area contributed by atoms with Gasteiger partial charge < -0.3 is 10.4 Å². The number of carbonyl (C=O) groups is 2. The molecule has 2 rings (SSSR count). The Morgan fingerprint density at radius 2 is 2.00 bits per heavy atom. The van der Waals surface area contributed by atoms with Gasteiger partial charge in [0.25, 0.3) is 5.91 Å². The second-order valence-corrected chi connectivity index (χ2v) is 5.51. The number of benzene rings is 1. The first kappa shape index (κ1) is 17.3. The number of pyridine rings is 1. The Morgan fingerprint density at radius 3 is 2.54 bits per heavy atom. The van der Waals surface area contributed by atoms with E-state index < -0.39 is 11.8 Å². The van der Waals surface area contributed by atoms with Gasteiger partial charge in [0, 0.05) is 18.3 Å². The molecule has 5 nitrogen and oxygen atoms in total. The van der Waals surface area contributed by atoms with Crippen LogP contribution in [-0.4, -0.2) is 28.5 Å². The maximum atomic E-state index is 13.9. The second kappa shape index (κ2) is 7.04. The predicted octanol–water partition coefficient (Wildman–Crippen LogP) is 3.20. The third-order valence-corrected chi connectivity index (χ3v) is 3.44. The fourth-order valence-corrected chi connectivity index (χ4v) is 2.09. The van der Waals surface area contributed by atoms with Crippen LogP contribution in [0.15, 0.2) is 42.6 Å². The normalized spacial score (nSPS) is 10.3. The van der Waals surface area contributed by atoms with Gasteiger partial charge >= 0.3 is 5.97 Å².